The maximum absolute atomic E-state index is 6.62. The number of hydrogen-bond acceptors (Lipinski definition) is 8. The van der Waals surface area contributed by atoms with Gasteiger partial charge in [0.05, 0.1) is 17.8 Å². The standard InChI is InChI=1S/C35H44N8O/c1-3-25-9-4-10-26-11-5-13-30(31(25)26)41-20-14-28-29(22-41)37-34(44-23-35-15-7-18-43(35)19-8-16-35)38-33(28)42-17-6-12-27(21-42)32-36-24(2)39-40-32/h4-5,9-11,13,27H,3,6-8,12,14-23H2,1-2H3,(H,36,39,40). The summed E-state index contributed by atoms with van der Waals surface area (Å²) in [5, 5.41) is 10.2. The highest BCUT2D eigenvalue weighted by Crippen LogP contribution is 2.40. The van der Waals surface area contributed by atoms with Gasteiger partial charge in [-0.2, -0.15) is 15.1 Å². The van der Waals surface area contributed by atoms with Gasteiger partial charge in [0.25, 0.3) is 0 Å². The number of H-pyrrole nitrogens is 1. The Morgan fingerprint density at radius 1 is 0.955 bits per heavy atom. The topological polar surface area (TPSA) is 86.3 Å². The molecule has 6 heterocycles. The van der Waals surface area contributed by atoms with Crippen molar-refractivity contribution in [3.05, 3.63) is 64.9 Å². The lowest BCUT2D eigenvalue weighted by Gasteiger charge is -2.37. The van der Waals surface area contributed by atoms with Crippen molar-refractivity contribution < 1.29 is 4.74 Å². The van der Waals surface area contributed by atoms with E-state index in [0.29, 0.717) is 12.6 Å². The molecule has 0 saturated carbocycles. The van der Waals surface area contributed by atoms with Crippen LogP contribution in [0.25, 0.3) is 10.8 Å². The molecule has 8 rings (SSSR count). The van der Waals surface area contributed by atoms with Crippen LogP contribution in [0, 0.1) is 6.92 Å². The van der Waals surface area contributed by atoms with Crippen molar-refractivity contribution in [3.63, 3.8) is 0 Å². The molecule has 3 saturated heterocycles. The van der Waals surface area contributed by atoms with E-state index in [-0.39, 0.29) is 11.5 Å². The van der Waals surface area contributed by atoms with Crippen molar-refractivity contribution in [1.29, 1.82) is 0 Å². The maximum atomic E-state index is 6.62. The highest BCUT2D eigenvalue weighted by molar-refractivity contribution is 5.97. The number of aryl methyl sites for hydroxylation is 2. The fraction of sp³-hybridized carbons (Fsp3) is 0.543. The Labute approximate surface area is 260 Å². The van der Waals surface area contributed by atoms with Crippen LogP contribution in [0.4, 0.5) is 11.5 Å². The Balaban J connectivity index is 1.14. The van der Waals surface area contributed by atoms with E-state index in [9.17, 15) is 0 Å². The van der Waals surface area contributed by atoms with Gasteiger partial charge in [-0.1, -0.05) is 37.3 Å². The number of piperidine rings is 1. The quantitative estimate of drug-likeness (QED) is 0.298. The Morgan fingerprint density at radius 3 is 2.59 bits per heavy atom. The molecule has 0 radical (unpaired) electrons. The molecule has 4 aliphatic rings. The number of benzene rings is 2. The van der Waals surface area contributed by atoms with Crippen LogP contribution in [0.3, 0.4) is 0 Å². The van der Waals surface area contributed by atoms with Gasteiger partial charge in [0.15, 0.2) is 5.82 Å². The van der Waals surface area contributed by atoms with Crippen LogP contribution < -0.4 is 14.5 Å². The third-order valence-corrected chi connectivity index (χ3v) is 10.7. The molecule has 0 aliphatic carbocycles. The van der Waals surface area contributed by atoms with Crippen LogP contribution in [0.15, 0.2) is 36.4 Å². The van der Waals surface area contributed by atoms with Crippen LogP contribution in [0.2, 0.25) is 0 Å². The van der Waals surface area contributed by atoms with Crippen molar-refractivity contribution in [1.82, 2.24) is 30.0 Å². The summed E-state index contributed by atoms with van der Waals surface area (Å²) < 4.78 is 6.62. The molecular formula is C35H44N8O. The van der Waals surface area contributed by atoms with E-state index in [2.05, 4.69) is 68.2 Å². The number of fused-ring (bicyclic) bond motifs is 3. The van der Waals surface area contributed by atoms with Gasteiger partial charge < -0.3 is 14.5 Å². The van der Waals surface area contributed by atoms with Crippen molar-refractivity contribution in [2.45, 2.75) is 83.2 Å². The van der Waals surface area contributed by atoms with Gasteiger partial charge in [-0.15, -0.1) is 0 Å². The van der Waals surface area contributed by atoms with Gasteiger partial charge in [-0.3, -0.25) is 10.00 Å². The number of rotatable bonds is 7. The summed E-state index contributed by atoms with van der Waals surface area (Å²) in [4.78, 5) is 22.7. The van der Waals surface area contributed by atoms with Crippen molar-refractivity contribution >= 4 is 22.3 Å². The van der Waals surface area contributed by atoms with E-state index in [4.69, 9.17) is 19.7 Å². The number of aromatic nitrogens is 5. The SMILES string of the molecule is CCc1cccc2cccc(N3CCc4c(nc(OCC56CCCN5CCC6)nc4N4CCCC(c5n[nH]c(C)n5)C4)C3)c12. The Kier molecular flexibility index (Phi) is 7.16. The first kappa shape index (κ1) is 27.8. The zero-order chi connectivity index (χ0) is 29.7. The third-order valence-electron chi connectivity index (χ3n) is 10.7. The number of nitrogens with zero attached hydrogens (tertiary/aromatic N) is 7. The van der Waals surface area contributed by atoms with E-state index in [1.807, 2.05) is 6.92 Å². The molecule has 2 aromatic carbocycles. The van der Waals surface area contributed by atoms with Gasteiger partial charge in [-0.05, 0) is 88.4 Å². The zero-order valence-electron chi connectivity index (χ0n) is 26.2. The number of nitrogens with one attached hydrogen (secondary N) is 1. The summed E-state index contributed by atoms with van der Waals surface area (Å²) >= 11 is 0. The molecule has 0 bridgehead atoms. The first-order valence-electron chi connectivity index (χ1n) is 16.8. The zero-order valence-corrected chi connectivity index (χ0v) is 26.2. The second-order valence-corrected chi connectivity index (χ2v) is 13.3. The molecule has 1 atom stereocenters. The molecule has 0 amide bonds. The summed E-state index contributed by atoms with van der Waals surface area (Å²) in [6, 6.07) is 13.9. The second kappa shape index (κ2) is 11.3. The van der Waals surface area contributed by atoms with Crippen LogP contribution in [-0.4, -0.2) is 74.9 Å². The molecule has 4 aromatic rings. The summed E-state index contributed by atoms with van der Waals surface area (Å²) in [5.74, 6) is 3.14. The Bertz CT molecular complexity index is 1650. The highest BCUT2D eigenvalue weighted by Gasteiger charge is 2.45. The average Bonchev–Trinajstić information content (AvgIpc) is 3.79. The fourth-order valence-electron chi connectivity index (χ4n) is 8.46. The number of aromatic amines is 1. The number of hydrogen-bond donors (Lipinski definition) is 1. The van der Waals surface area contributed by atoms with E-state index in [0.717, 1.165) is 75.0 Å². The summed E-state index contributed by atoms with van der Waals surface area (Å²) in [6.07, 6.45) is 9.05. The average molecular weight is 593 g/mol. The second-order valence-electron chi connectivity index (χ2n) is 13.3. The minimum absolute atomic E-state index is 0.157. The first-order chi connectivity index (χ1) is 21.6. The largest absolute Gasteiger partial charge is 0.461 e. The van der Waals surface area contributed by atoms with Crippen LogP contribution >= 0.6 is 0 Å². The first-order valence-corrected chi connectivity index (χ1v) is 16.8. The number of ether oxygens (including phenoxy) is 1. The van der Waals surface area contributed by atoms with Gasteiger partial charge in [0.1, 0.15) is 18.2 Å². The molecule has 44 heavy (non-hydrogen) atoms. The van der Waals surface area contributed by atoms with Gasteiger partial charge in [0, 0.05) is 42.2 Å². The lowest BCUT2D eigenvalue weighted by molar-refractivity contribution is 0.107. The fourth-order valence-corrected chi connectivity index (χ4v) is 8.46. The Hall–Kier alpha value is -3.72. The lowest BCUT2D eigenvalue weighted by atomic mass is 9.95. The normalized spacial score (nSPS) is 21.5. The van der Waals surface area contributed by atoms with Crippen LogP contribution in [-0.2, 0) is 19.4 Å². The molecule has 9 nitrogen and oxygen atoms in total. The van der Waals surface area contributed by atoms with Gasteiger partial charge in [0.2, 0.25) is 0 Å². The molecule has 230 valence electrons. The minimum Gasteiger partial charge on any atom is -0.461 e. The molecular weight excluding hydrogens is 548 g/mol. The highest BCUT2D eigenvalue weighted by atomic mass is 16.5. The molecule has 3 fully saturated rings. The van der Waals surface area contributed by atoms with Crippen LogP contribution in [0.5, 0.6) is 6.01 Å². The molecule has 2 aromatic heterocycles. The predicted molar refractivity (Wildman–Crippen MR) is 174 cm³/mol. The molecule has 1 N–H and O–H groups in total. The molecule has 0 spiro atoms. The van der Waals surface area contributed by atoms with Crippen molar-refractivity contribution in [2.24, 2.45) is 0 Å². The van der Waals surface area contributed by atoms with Crippen LogP contribution in [0.1, 0.15) is 79.8 Å². The lowest BCUT2D eigenvalue weighted by Crippen LogP contribution is -2.44. The monoisotopic (exact) mass is 592 g/mol. The summed E-state index contributed by atoms with van der Waals surface area (Å²) in [7, 11) is 0. The molecule has 9 heteroatoms. The van der Waals surface area contributed by atoms with E-state index >= 15 is 0 Å². The van der Waals surface area contributed by atoms with E-state index < -0.39 is 0 Å². The molecule has 4 aliphatic heterocycles. The third kappa shape index (κ3) is 4.89. The molecule has 1 unspecified atom stereocenters. The number of anilines is 2. The van der Waals surface area contributed by atoms with E-state index in [1.54, 1.807) is 0 Å². The van der Waals surface area contributed by atoms with Crippen molar-refractivity contribution in [3.8, 4) is 6.01 Å². The summed E-state index contributed by atoms with van der Waals surface area (Å²) in [6.45, 7) is 10.8. The predicted octanol–water partition coefficient (Wildman–Crippen LogP) is 5.57. The van der Waals surface area contributed by atoms with Gasteiger partial charge in [-0.25, -0.2) is 4.98 Å². The van der Waals surface area contributed by atoms with Crippen molar-refractivity contribution in [2.75, 3.05) is 49.1 Å². The maximum Gasteiger partial charge on any atom is 0.318 e. The smallest absolute Gasteiger partial charge is 0.318 e. The van der Waals surface area contributed by atoms with Gasteiger partial charge >= 0.3 is 6.01 Å². The summed E-state index contributed by atoms with van der Waals surface area (Å²) in [5.41, 5.74) is 5.24. The Morgan fingerprint density at radius 2 is 1.80 bits per heavy atom. The van der Waals surface area contributed by atoms with E-state index in [1.165, 1.54) is 66.4 Å². The minimum atomic E-state index is 0.157.